The number of hydrogen-bond donors (Lipinski definition) is 2. The van der Waals surface area contributed by atoms with E-state index in [1.54, 1.807) is 6.07 Å². The van der Waals surface area contributed by atoms with Crippen molar-refractivity contribution in [2.45, 2.75) is 45.4 Å². The Labute approximate surface area is 145 Å². The summed E-state index contributed by atoms with van der Waals surface area (Å²) in [6, 6.07) is 3.52. The Bertz CT molecular complexity index is 764. The van der Waals surface area contributed by atoms with Gasteiger partial charge in [0.15, 0.2) is 0 Å². The molecular weight excluding hydrogens is 324 g/mol. The Morgan fingerprint density at radius 1 is 1.29 bits per heavy atom. The van der Waals surface area contributed by atoms with Gasteiger partial charge in [0.05, 0.1) is 17.9 Å². The van der Waals surface area contributed by atoms with E-state index in [1.807, 2.05) is 6.07 Å². The van der Waals surface area contributed by atoms with Crippen LogP contribution in [-0.4, -0.2) is 17.6 Å². The summed E-state index contributed by atoms with van der Waals surface area (Å²) in [5, 5.41) is 9.57. The lowest BCUT2D eigenvalue weighted by Crippen LogP contribution is -2.06. The highest BCUT2D eigenvalue weighted by Crippen LogP contribution is 2.34. The first kappa shape index (κ1) is 18.0. The quantitative estimate of drug-likeness (QED) is 0.554. The van der Waals surface area contributed by atoms with Crippen LogP contribution in [0, 0.1) is 11.3 Å². The average molecular weight is 346 g/mol. The van der Waals surface area contributed by atoms with Crippen LogP contribution in [0.2, 0.25) is 0 Å². The van der Waals surface area contributed by atoms with Crippen LogP contribution in [-0.2, 0) is 4.74 Å². The molecule has 24 heavy (non-hydrogen) atoms. The molecular formula is C17H22N4O2S. The summed E-state index contributed by atoms with van der Waals surface area (Å²) in [5.41, 5.74) is 12.3. The van der Waals surface area contributed by atoms with Crippen LogP contribution < -0.4 is 11.5 Å². The summed E-state index contributed by atoms with van der Waals surface area (Å²) >= 11 is 1.14. The third-order valence-corrected chi connectivity index (χ3v) is 4.88. The molecule has 0 radical (unpaired) electrons. The number of aromatic nitrogens is 1. The number of anilines is 2. The van der Waals surface area contributed by atoms with Gasteiger partial charge in [-0.05, 0) is 12.5 Å². The first-order valence-corrected chi connectivity index (χ1v) is 8.95. The fraction of sp³-hybridized carbons (Fsp3) is 0.471. The maximum Gasteiger partial charge on any atom is 0.350 e. The van der Waals surface area contributed by atoms with E-state index < -0.39 is 5.97 Å². The smallest absolute Gasteiger partial charge is 0.350 e. The third-order valence-electron chi connectivity index (χ3n) is 3.79. The van der Waals surface area contributed by atoms with Gasteiger partial charge in [-0.3, -0.25) is 0 Å². The summed E-state index contributed by atoms with van der Waals surface area (Å²) in [6.07, 6.45) is 6.76. The molecule has 0 fully saturated rings. The van der Waals surface area contributed by atoms with E-state index >= 15 is 0 Å². The van der Waals surface area contributed by atoms with Gasteiger partial charge in [0, 0.05) is 5.39 Å². The lowest BCUT2D eigenvalue weighted by Gasteiger charge is -2.04. The molecule has 0 atom stereocenters. The topological polar surface area (TPSA) is 115 Å². The highest BCUT2D eigenvalue weighted by molar-refractivity contribution is 7.21. The van der Waals surface area contributed by atoms with Crippen LogP contribution in [0.4, 0.5) is 11.5 Å². The molecule has 0 saturated carbocycles. The van der Waals surface area contributed by atoms with E-state index in [2.05, 4.69) is 11.9 Å². The van der Waals surface area contributed by atoms with Gasteiger partial charge in [-0.2, -0.15) is 5.26 Å². The van der Waals surface area contributed by atoms with Crippen molar-refractivity contribution in [2.75, 3.05) is 18.1 Å². The van der Waals surface area contributed by atoms with Gasteiger partial charge < -0.3 is 16.2 Å². The molecule has 0 spiro atoms. The Kier molecular flexibility index (Phi) is 6.38. The molecule has 4 N–H and O–H groups in total. The fourth-order valence-corrected chi connectivity index (χ4v) is 3.39. The molecule has 2 aromatic heterocycles. The minimum atomic E-state index is -0.443. The minimum absolute atomic E-state index is 0.137. The highest BCUT2D eigenvalue weighted by atomic mass is 32.1. The number of unbranched alkanes of at least 4 members (excludes halogenated alkanes) is 5. The molecule has 2 rings (SSSR count). The molecule has 0 aliphatic rings. The number of nitrogens with zero attached hydrogens (tertiary/aromatic N) is 2. The van der Waals surface area contributed by atoms with Crippen LogP contribution in [0.5, 0.6) is 0 Å². The molecule has 128 valence electrons. The number of nitrogens with two attached hydrogens (primary N) is 2. The van der Waals surface area contributed by atoms with Gasteiger partial charge in [-0.25, -0.2) is 9.78 Å². The van der Waals surface area contributed by atoms with Crippen molar-refractivity contribution in [1.82, 2.24) is 4.98 Å². The third kappa shape index (κ3) is 4.15. The number of pyridine rings is 1. The Balaban J connectivity index is 1.97. The largest absolute Gasteiger partial charge is 0.461 e. The number of esters is 1. The van der Waals surface area contributed by atoms with Crippen molar-refractivity contribution in [2.24, 2.45) is 0 Å². The van der Waals surface area contributed by atoms with Gasteiger partial charge in [0.2, 0.25) is 0 Å². The van der Waals surface area contributed by atoms with Crippen molar-refractivity contribution >= 4 is 39.0 Å². The van der Waals surface area contributed by atoms with Crippen molar-refractivity contribution in [3.05, 3.63) is 16.5 Å². The van der Waals surface area contributed by atoms with E-state index in [0.717, 1.165) is 30.6 Å². The van der Waals surface area contributed by atoms with E-state index in [-0.39, 0.29) is 11.4 Å². The first-order valence-electron chi connectivity index (χ1n) is 8.14. The van der Waals surface area contributed by atoms with Gasteiger partial charge in [-0.15, -0.1) is 11.3 Å². The van der Waals surface area contributed by atoms with Crippen molar-refractivity contribution < 1.29 is 9.53 Å². The number of carbonyl (C=O) groups excluding carboxylic acids is 1. The number of nitrogen functional groups attached to an aromatic ring is 2. The summed E-state index contributed by atoms with van der Waals surface area (Å²) in [7, 11) is 0. The number of nitriles is 1. The molecule has 0 aliphatic heterocycles. The zero-order valence-electron chi connectivity index (χ0n) is 13.8. The molecule has 0 amide bonds. The Hall–Kier alpha value is -2.33. The Morgan fingerprint density at radius 2 is 2.00 bits per heavy atom. The normalized spacial score (nSPS) is 10.7. The van der Waals surface area contributed by atoms with Crippen LogP contribution in [0.3, 0.4) is 0 Å². The van der Waals surface area contributed by atoms with Crippen LogP contribution in [0.15, 0.2) is 6.07 Å². The monoisotopic (exact) mass is 346 g/mol. The highest BCUT2D eigenvalue weighted by Gasteiger charge is 2.19. The van der Waals surface area contributed by atoms with Gasteiger partial charge in [-0.1, -0.05) is 39.0 Å². The van der Waals surface area contributed by atoms with Crippen LogP contribution in [0.1, 0.15) is 60.7 Å². The number of hydrogen-bond acceptors (Lipinski definition) is 7. The lowest BCUT2D eigenvalue weighted by atomic mass is 10.1. The van der Waals surface area contributed by atoms with E-state index in [0.29, 0.717) is 27.4 Å². The predicted molar refractivity (Wildman–Crippen MR) is 96.8 cm³/mol. The van der Waals surface area contributed by atoms with Gasteiger partial charge in [0.25, 0.3) is 0 Å². The predicted octanol–water partition coefficient (Wildman–Crippen LogP) is 3.85. The van der Waals surface area contributed by atoms with E-state index in [4.69, 9.17) is 21.5 Å². The zero-order chi connectivity index (χ0) is 17.5. The minimum Gasteiger partial charge on any atom is -0.461 e. The first-order chi connectivity index (χ1) is 11.6. The number of carbonyl (C=O) groups is 1. The SMILES string of the molecule is CCCCCCCCOC(=O)c1sc2nc(N)c(C#N)cc2c1N. The number of rotatable bonds is 8. The molecule has 0 aromatic carbocycles. The summed E-state index contributed by atoms with van der Waals surface area (Å²) < 4.78 is 5.30. The molecule has 0 unspecified atom stereocenters. The van der Waals surface area contributed by atoms with Gasteiger partial charge >= 0.3 is 5.97 Å². The summed E-state index contributed by atoms with van der Waals surface area (Å²) in [5.74, 6) is -0.306. The molecule has 2 aromatic rings. The van der Waals surface area contributed by atoms with Crippen LogP contribution >= 0.6 is 11.3 Å². The second kappa shape index (κ2) is 8.50. The summed E-state index contributed by atoms with van der Waals surface area (Å²) in [4.78, 5) is 17.2. The van der Waals surface area contributed by atoms with Crippen molar-refractivity contribution in [3.8, 4) is 6.07 Å². The maximum absolute atomic E-state index is 12.2. The molecule has 0 bridgehead atoms. The van der Waals surface area contributed by atoms with Gasteiger partial charge in [0.1, 0.15) is 21.6 Å². The molecule has 6 nitrogen and oxygen atoms in total. The maximum atomic E-state index is 12.2. The molecule has 7 heteroatoms. The Morgan fingerprint density at radius 3 is 2.71 bits per heavy atom. The molecule has 2 heterocycles. The van der Waals surface area contributed by atoms with Crippen molar-refractivity contribution in [1.29, 1.82) is 5.26 Å². The average Bonchev–Trinajstić information content (AvgIpc) is 2.89. The number of thiophene rings is 1. The molecule has 0 aliphatic carbocycles. The fourth-order valence-electron chi connectivity index (χ4n) is 2.41. The second-order valence-corrected chi connectivity index (χ2v) is 6.63. The van der Waals surface area contributed by atoms with Crippen molar-refractivity contribution in [3.63, 3.8) is 0 Å². The van der Waals surface area contributed by atoms with Crippen LogP contribution in [0.25, 0.3) is 10.2 Å². The zero-order valence-corrected chi connectivity index (χ0v) is 14.6. The molecule has 0 saturated heterocycles. The standard InChI is InChI=1S/C17H22N4O2S/c1-2-3-4-5-6-7-8-23-17(22)14-13(19)12-9-11(10-18)15(20)21-16(12)24-14/h9H,2-8,19H2,1H3,(H2,20,21). The second-order valence-electron chi connectivity index (χ2n) is 5.63. The van der Waals surface area contributed by atoms with E-state index in [1.165, 1.54) is 19.3 Å². The lowest BCUT2D eigenvalue weighted by molar-refractivity contribution is 0.0504. The number of ether oxygens (including phenoxy) is 1. The number of fused-ring (bicyclic) bond motifs is 1. The summed E-state index contributed by atoms with van der Waals surface area (Å²) in [6.45, 7) is 2.57. The van der Waals surface area contributed by atoms with E-state index in [9.17, 15) is 4.79 Å².